The Balaban J connectivity index is 1.69. The van der Waals surface area contributed by atoms with Gasteiger partial charge in [-0.3, -0.25) is 14.3 Å². The van der Waals surface area contributed by atoms with Crippen molar-refractivity contribution in [3.8, 4) is 0 Å². The molecule has 0 spiro atoms. The summed E-state index contributed by atoms with van der Waals surface area (Å²) in [6.45, 7) is 7.03. The van der Waals surface area contributed by atoms with E-state index in [0.29, 0.717) is 36.7 Å². The third-order valence-corrected chi connectivity index (χ3v) is 10.2. The van der Waals surface area contributed by atoms with Gasteiger partial charge < -0.3 is 14.6 Å². The molecule has 0 saturated carbocycles. The molecule has 0 unspecified atom stereocenters. The number of fused-ring (bicyclic) bond motifs is 1. The number of hydrogen-bond donors (Lipinski definition) is 1. The second-order valence-corrected chi connectivity index (χ2v) is 15.4. The lowest BCUT2D eigenvalue weighted by Crippen LogP contribution is -2.37. The summed E-state index contributed by atoms with van der Waals surface area (Å²) in [7, 11) is -2.20. The first-order chi connectivity index (χ1) is 21.2. The SMILES string of the molecule is CCS(=O)(=O)c1ccc(Cl)cc1Cn1c(=O)[nH]c2c(Cl)c(CN3CC[C@@H](CN(C)C(=O)OC(C)(C)C)C3)c(C(F)(F)F)cc2c1=O. The Bertz CT molecular complexity index is 1890. The van der Waals surface area contributed by atoms with Crippen molar-refractivity contribution >= 4 is 50.0 Å². The Labute approximate surface area is 273 Å². The Hall–Kier alpha value is -3.07. The van der Waals surface area contributed by atoms with Gasteiger partial charge in [0.1, 0.15) is 5.60 Å². The van der Waals surface area contributed by atoms with Gasteiger partial charge in [0, 0.05) is 31.7 Å². The fourth-order valence-electron chi connectivity index (χ4n) is 5.48. The maximum atomic E-state index is 14.4. The average molecular weight is 708 g/mol. The van der Waals surface area contributed by atoms with Gasteiger partial charge >= 0.3 is 18.0 Å². The predicted octanol–water partition coefficient (Wildman–Crippen LogP) is 5.55. The summed E-state index contributed by atoms with van der Waals surface area (Å²) >= 11 is 12.6. The minimum atomic E-state index is -4.90. The van der Waals surface area contributed by atoms with Crippen LogP contribution < -0.4 is 11.2 Å². The summed E-state index contributed by atoms with van der Waals surface area (Å²) in [6, 6.07) is 4.54. The lowest BCUT2D eigenvalue weighted by molar-refractivity contribution is -0.138. The van der Waals surface area contributed by atoms with Gasteiger partial charge in [0.2, 0.25) is 0 Å². The van der Waals surface area contributed by atoms with Crippen molar-refractivity contribution in [3.05, 3.63) is 71.8 Å². The lowest BCUT2D eigenvalue weighted by Gasteiger charge is -2.26. The van der Waals surface area contributed by atoms with Crippen LogP contribution in [-0.4, -0.2) is 71.9 Å². The Kier molecular flexibility index (Phi) is 10.3. The maximum absolute atomic E-state index is 14.4. The number of ether oxygens (including phenoxy) is 1. The molecule has 1 aromatic heterocycles. The van der Waals surface area contributed by atoms with Gasteiger partial charge in [-0.05, 0) is 75.0 Å². The Morgan fingerprint density at radius 2 is 1.80 bits per heavy atom. The smallest absolute Gasteiger partial charge is 0.416 e. The Morgan fingerprint density at radius 1 is 1.13 bits per heavy atom. The summed E-state index contributed by atoms with van der Waals surface area (Å²) in [5, 5.41) is -0.763. The molecule has 0 aliphatic carbocycles. The summed E-state index contributed by atoms with van der Waals surface area (Å²) < 4.78 is 74.6. The number of benzene rings is 2. The maximum Gasteiger partial charge on any atom is 0.416 e. The number of rotatable bonds is 8. The topological polar surface area (TPSA) is 122 Å². The van der Waals surface area contributed by atoms with Gasteiger partial charge in [-0.1, -0.05) is 30.1 Å². The van der Waals surface area contributed by atoms with E-state index in [1.165, 1.54) is 30.0 Å². The number of sulfone groups is 1. The number of nitrogens with one attached hydrogen (secondary N) is 1. The fourth-order valence-corrected chi connectivity index (χ4v) is 7.09. The van der Waals surface area contributed by atoms with Crippen molar-refractivity contribution < 1.29 is 31.1 Å². The number of aromatic nitrogens is 2. The molecular formula is C30H35Cl2F3N4O6S. The highest BCUT2D eigenvalue weighted by Gasteiger charge is 2.37. The molecule has 1 saturated heterocycles. The van der Waals surface area contributed by atoms with Gasteiger partial charge in [0.25, 0.3) is 5.56 Å². The molecule has 3 aromatic rings. The molecule has 2 heterocycles. The van der Waals surface area contributed by atoms with Crippen LogP contribution >= 0.6 is 23.2 Å². The summed E-state index contributed by atoms with van der Waals surface area (Å²) in [5.41, 5.74) is -4.41. The van der Waals surface area contributed by atoms with E-state index in [1.807, 2.05) is 0 Å². The number of carbonyl (C=O) groups excluding carboxylic acids is 1. The zero-order valence-electron chi connectivity index (χ0n) is 25.9. The molecule has 252 valence electrons. The number of halogens is 5. The third kappa shape index (κ3) is 7.89. The average Bonchev–Trinajstić information content (AvgIpc) is 3.37. The quantitative estimate of drug-likeness (QED) is 0.326. The van der Waals surface area contributed by atoms with Crippen molar-refractivity contribution in [1.29, 1.82) is 0 Å². The molecule has 1 atom stereocenters. The van der Waals surface area contributed by atoms with Crippen molar-refractivity contribution in [2.45, 2.75) is 63.9 Å². The molecule has 1 aliphatic rings. The largest absolute Gasteiger partial charge is 0.444 e. The van der Waals surface area contributed by atoms with Gasteiger partial charge in [0.15, 0.2) is 9.84 Å². The van der Waals surface area contributed by atoms with Crippen molar-refractivity contribution in [2.24, 2.45) is 5.92 Å². The number of likely N-dealkylation sites (tertiary alicyclic amines) is 1. The normalized spacial score (nSPS) is 16.3. The molecule has 2 aromatic carbocycles. The van der Waals surface area contributed by atoms with E-state index in [4.69, 9.17) is 27.9 Å². The molecule has 46 heavy (non-hydrogen) atoms. The van der Waals surface area contributed by atoms with Gasteiger partial charge in [-0.25, -0.2) is 18.0 Å². The molecule has 1 amide bonds. The number of hydrogen-bond acceptors (Lipinski definition) is 7. The first kappa shape index (κ1) is 35.8. The number of nitrogens with zero attached hydrogens (tertiary/aromatic N) is 3. The molecule has 1 fully saturated rings. The van der Waals surface area contributed by atoms with E-state index in [0.717, 1.165) is 0 Å². The van der Waals surface area contributed by atoms with Crippen LogP contribution in [-0.2, 0) is 33.8 Å². The zero-order chi connectivity index (χ0) is 34.4. The number of carbonyl (C=O) groups is 1. The van der Waals surface area contributed by atoms with Crippen LogP contribution in [0.2, 0.25) is 10.0 Å². The monoisotopic (exact) mass is 706 g/mol. The van der Waals surface area contributed by atoms with E-state index >= 15 is 0 Å². The molecule has 0 radical (unpaired) electrons. The molecule has 16 heteroatoms. The van der Waals surface area contributed by atoms with Crippen LogP contribution in [0.3, 0.4) is 0 Å². The number of aromatic amines is 1. The third-order valence-electron chi connectivity index (χ3n) is 7.68. The molecule has 10 nitrogen and oxygen atoms in total. The van der Waals surface area contributed by atoms with Gasteiger partial charge in [0.05, 0.1) is 38.7 Å². The second kappa shape index (κ2) is 13.2. The van der Waals surface area contributed by atoms with Crippen molar-refractivity contribution in [3.63, 3.8) is 0 Å². The Morgan fingerprint density at radius 3 is 2.41 bits per heavy atom. The standard InChI is InChI=1S/C30H35Cl2F3N4O6S/c1-6-46(43,44)23-8-7-19(31)11-18(23)15-39-26(40)20-12-22(30(33,34)35)21(24(32)25(20)36-27(39)41)16-38-10-9-17(14-38)13-37(5)28(42)45-29(2,3)4/h7-8,11-12,17H,6,9-10,13-16H2,1-5H3,(H,36,41)/t17-/m0/s1. The molecule has 1 N–H and O–H groups in total. The van der Waals surface area contributed by atoms with Crippen LogP contribution in [0.5, 0.6) is 0 Å². The van der Waals surface area contributed by atoms with Gasteiger partial charge in [-0.15, -0.1) is 0 Å². The summed E-state index contributed by atoms with van der Waals surface area (Å²) in [5.74, 6) is -0.304. The summed E-state index contributed by atoms with van der Waals surface area (Å²) in [4.78, 5) is 44.5. The van der Waals surface area contributed by atoms with Crippen molar-refractivity contribution in [1.82, 2.24) is 19.4 Å². The minimum Gasteiger partial charge on any atom is -0.444 e. The number of H-pyrrole nitrogens is 1. The molecule has 4 rings (SSSR count). The van der Waals surface area contributed by atoms with E-state index < -0.39 is 61.5 Å². The summed E-state index contributed by atoms with van der Waals surface area (Å²) in [6.07, 6.45) is -4.79. The molecule has 0 bridgehead atoms. The highest BCUT2D eigenvalue weighted by molar-refractivity contribution is 7.91. The van der Waals surface area contributed by atoms with Crippen LogP contribution in [0.15, 0.2) is 38.8 Å². The second-order valence-electron chi connectivity index (χ2n) is 12.4. The predicted molar refractivity (Wildman–Crippen MR) is 169 cm³/mol. The van der Waals surface area contributed by atoms with Crippen LogP contribution in [0.25, 0.3) is 10.9 Å². The lowest BCUT2D eigenvalue weighted by atomic mass is 10.0. The highest BCUT2D eigenvalue weighted by Crippen LogP contribution is 2.39. The van der Waals surface area contributed by atoms with E-state index in [1.54, 1.807) is 32.7 Å². The first-order valence-electron chi connectivity index (χ1n) is 14.4. The number of amides is 1. The number of alkyl halides is 3. The minimum absolute atomic E-state index is 0.0287. The van der Waals surface area contributed by atoms with Gasteiger partial charge in [-0.2, -0.15) is 13.2 Å². The van der Waals surface area contributed by atoms with Crippen LogP contribution in [0.1, 0.15) is 50.8 Å². The zero-order valence-corrected chi connectivity index (χ0v) is 28.3. The van der Waals surface area contributed by atoms with E-state index in [2.05, 4.69) is 4.98 Å². The van der Waals surface area contributed by atoms with Crippen molar-refractivity contribution in [2.75, 3.05) is 32.4 Å². The van der Waals surface area contributed by atoms with Crippen LogP contribution in [0, 0.1) is 5.92 Å². The van der Waals surface area contributed by atoms with Crippen LogP contribution in [0.4, 0.5) is 18.0 Å². The highest BCUT2D eigenvalue weighted by atomic mass is 35.5. The fraction of sp³-hybridized carbons (Fsp3) is 0.500. The molecular weight excluding hydrogens is 672 g/mol. The van der Waals surface area contributed by atoms with E-state index in [9.17, 15) is 36.0 Å². The van der Waals surface area contributed by atoms with E-state index in [-0.39, 0.29) is 44.8 Å². The first-order valence-corrected chi connectivity index (χ1v) is 16.9. The molecule has 1 aliphatic heterocycles.